The number of rotatable bonds is 4. The lowest BCUT2D eigenvalue weighted by molar-refractivity contribution is -0.358. The lowest BCUT2D eigenvalue weighted by atomic mass is 9.70. The quantitative estimate of drug-likeness (QED) is 0.526. The van der Waals surface area contributed by atoms with Crippen molar-refractivity contribution in [2.75, 3.05) is 0 Å². The fraction of sp³-hybridized carbons (Fsp3) is 0.389. The monoisotopic (exact) mass is 411 g/mol. The average molecular weight is 411 g/mol. The Labute approximate surface area is 161 Å². The fourth-order valence-corrected chi connectivity index (χ4v) is 4.32. The molecular formula is C18H21NO8S. The molecule has 9 nitrogen and oxygen atoms in total. The minimum atomic E-state index is -5.15. The van der Waals surface area contributed by atoms with Crippen molar-refractivity contribution in [1.82, 2.24) is 4.98 Å². The molecule has 152 valence electrons. The van der Waals surface area contributed by atoms with Gasteiger partial charge in [0, 0.05) is 18.0 Å². The number of hydrogen-bond acceptors (Lipinski definition) is 8. The fourth-order valence-electron chi connectivity index (χ4n) is 3.41. The Morgan fingerprint density at radius 3 is 2.29 bits per heavy atom. The van der Waals surface area contributed by atoms with E-state index in [1.807, 2.05) is 0 Å². The molecule has 0 radical (unpaired) electrons. The van der Waals surface area contributed by atoms with Gasteiger partial charge in [-0.25, -0.2) is 0 Å². The van der Waals surface area contributed by atoms with Crippen LogP contribution in [0.4, 0.5) is 0 Å². The van der Waals surface area contributed by atoms with Crippen molar-refractivity contribution in [3.05, 3.63) is 60.4 Å². The minimum Gasteiger partial charge on any atom is -0.462 e. The van der Waals surface area contributed by atoms with E-state index in [4.69, 9.17) is 9.47 Å². The zero-order valence-corrected chi connectivity index (χ0v) is 15.9. The van der Waals surface area contributed by atoms with Crippen LogP contribution in [-0.2, 0) is 20.5 Å². The van der Waals surface area contributed by atoms with E-state index >= 15 is 0 Å². The predicted molar refractivity (Wildman–Crippen MR) is 96.7 cm³/mol. The van der Waals surface area contributed by atoms with Gasteiger partial charge in [0.1, 0.15) is 17.5 Å². The van der Waals surface area contributed by atoms with Gasteiger partial charge in [0.15, 0.2) is 5.60 Å². The van der Waals surface area contributed by atoms with Gasteiger partial charge in [-0.2, -0.15) is 8.42 Å². The number of para-hydroxylation sites is 1. The van der Waals surface area contributed by atoms with Crippen LogP contribution < -0.4 is 4.74 Å². The highest BCUT2D eigenvalue weighted by atomic mass is 32.2. The number of aliphatic hydroxyl groups is 3. The van der Waals surface area contributed by atoms with Gasteiger partial charge in [-0.1, -0.05) is 24.3 Å². The molecule has 0 amide bonds. The third-order valence-electron chi connectivity index (χ3n) is 5.13. The number of hydrogen-bond donors (Lipinski definition) is 4. The molecule has 0 saturated carbocycles. The van der Waals surface area contributed by atoms with E-state index in [9.17, 15) is 28.3 Å². The molecule has 1 aromatic carbocycles. The molecule has 10 heteroatoms. The average Bonchev–Trinajstić information content (AvgIpc) is 2.65. The van der Waals surface area contributed by atoms with Crippen LogP contribution in [0.1, 0.15) is 19.4 Å². The Morgan fingerprint density at radius 1 is 1.11 bits per heavy atom. The van der Waals surface area contributed by atoms with E-state index in [0.717, 1.165) is 20.0 Å². The van der Waals surface area contributed by atoms with Crippen molar-refractivity contribution in [3.63, 3.8) is 0 Å². The first-order valence-electron chi connectivity index (χ1n) is 8.35. The van der Waals surface area contributed by atoms with Crippen LogP contribution in [0.5, 0.6) is 5.75 Å². The van der Waals surface area contributed by atoms with Gasteiger partial charge in [-0.05, 0) is 32.0 Å². The summed E-state index contributed by atoms with van der Waals surface area (Å²) in [5.74, 6) is 0.215. The molecule has 4 N–H and O–H groups in total. The van der Waals surface area contributed by atoms with Crippen molar-refractivity contribution < 1.29 is 37.8 Å². The van der Waals surface area contributed by atoms with E-state index in [2.05, 4.69) is 4.98 Å². The topological polar surface area (TPSA) is 146 Å². The summed E-state index contributed by atoms with van der Waals surface area (Å²) in [6.45, 7) is 1.91. The standard InChI is InChI=1S/C18H21NO8S/c1-16(21)14(20)15(26-13-8-4-3-5-9-13)27-17(2,28(23,24)25)18(16,22)12-7-6-10-19-11-12/h3-11,14-15,20-22H,1-2H3,(H,23,24,25)/t14-,15+,16+,17?,18-/m0/s1. The van der Waals surface area contributed by atoms with Crippen molar-refractivity contribution in [3.8, 4) is 5.75 Å². The smallest absolute Gasteiger partial charge is 0.298 e. The van der Waals surface area contributed by atoms with Crippen molar-refractivity contribution in [2.45, 2.75) is 42.4 Å². The van der Waals surface area contributed by atoms with Crippen LogP contribution in [0.2, 0.25) is 0 Å². The van der Waals surface area contributed by atoms with E-state index in [-0.39, 0.29) is 11.3 Å². The first-order valence-corrected chi connectivity index (χ1v) is 9.79. The molecule has 3 rings (SSSR count). The molecule has 0 bridgehead atoms. The third-order valence-corrected chi connectivity index (χ3v) is 6.51. The van der Waals surface area contributed by atoms with Crippen LogP contribution in [0, 0.1) is 0 Å². The Morgan fingerprint density at radius 2 is 1.75 bits per heavy atom. The van der Waals surface area contributed by atoms with Crippen molar-refractivity contribution in [1.29, 1.82) is 0 Å². The molecule has 0 spiro atoms. The second-order valence-electron chi connectivity index (χ2n) is 6.88. The van der Waals surface area contributed by atoms with Gasteiger partial charge in [-0.15, -0.1) is 0 Å². The number of benzene rings is 1. The molecule has 1 aliphatic rings. The summed E-state index contributed by atoms with van der Waals surface area (Å²) in [5, 5.41) is 33.2. The lowest BCUT2D eigenvalue weighted by Gasteiger charge is -2.57. The maximum Gasteiger partial charge on any atom is 0.298 e. The van der Waals surface area contributed by atoms with Crippen LogP contribution in [0.15, 0.2) is 54.9 Å². The maximum absolute atomic E-state index is 12.3. The summed E-state index contributed by atoms with van der Waals surface area (Å²) < 4.78 is 45.4. The van der Waals surface area contributed by atoms with Crippen molar-refractivity contribution >= 4 is 10.1 Å². The third kappa shape index (κ3) is 2.89. The molecule has 28 heavy (non-hydrogen) atoms. The molecule has 1 saturated heterocycles. The van der Waals surface area contributed by atoms with Gasteiger partial charge in [-0.3, -0.25) is 9.54 Å². The summed E-state index contributed by atoms with van der Waals surface area (Å²) in [4.78, 5) is 1.01. The number of aliphatic hydroxyl groups excluding tert-OH is 1. The highest BCUT2D eigenvalue weighted by Gasteiger charge is 2.74. The first kappa shape index (κ1) is 20.6. The second kappa shape index (κ2) is 6.76. The lowest BCUT2D eigenvalue weighted by Crippen LogP contribution is -2.77. The van der Waals surface area contributed by atoms with Crippen LogP contribution in [-0.4, -0.2) is 56.2 Å². The highest BCUT2D eigenvalue weighted by molar-refractivity contribution is 7.87. The summed E-state index contributed by atoms with van der Waals surface area (Å²) in [6, 6.07) is 10.7. The SMILES string of the molecule is CC1(S(=O)(=O)O)O[C@@H](Oc2ccccc2)[C@H](O)[C@@](C)(O)[C@@]1(O)c1cccnc1. The van der Waals surface area contributed by atoms with Gasteiger partial charge >= 0.3 is 0 Å². The molecule has 5 atom stereocenters. The summed E-state index contributed by atoms with van der Waals surface area (Å²) >= 11 is 0. The molecule has 0 aliphatic carbocycles. The molecule has 1 unspecified atom stereocenters. The van der Waals surface area contributed by atoms with Crippen molar-refractivity contribution in [2.24, 2.45) is 0 Å². The molecule has 1 aromatic heterocycles. The van der Waals surface area contributed by atoms with E-state index in [1.165, 1.54) is 30.5 Å². The normalized spacial score (nSPS) is 36.1. The Balaban J connectivity index is 2.17. The second-order valence-corrected chi connectivity index (χ2v) is 8.61. The Kier molecular flexibility index (Phi) is 4.99. The number of ether oxygens (including phenoxy) is 2. The van der Waals surface area contributed by atoms with Crippen LogP contribution >= 0.6 is 0 Å². The van der Waals surface area contributed by atoms with Gasteiger partial charge in [0.2, 0.25) is 11.2 Å². The largest absolute Gasteiger partial charge is 0.462 e. The van der Waals surface area contributed by atoms with Gasteiger partial charge < -0.3 is 24.8 Å². The van der Waals surface area contributed by atoms with Crippen LogP contribution in [0.3, 0.4) is 0 Å². The zero-order chi connectivity index (χ0) is 20.8. The number of pyridine rings is 1. The van der Waals surface area contributed by atoms with Gasteiger partial charge in [0.05, 0.1) is 0 Å². The number of nitrogens with zero attached hydrogens (tertiary/aromatic N) is 1. The number of aromatic nitrogens is 1. The zero-order valence-electron chi connectivity index (χ0n) is 15.1. The van der Waals surface area contributed by atoms with E-state index < -0.39 is 38.6 Å². The van der Waals surface area contributed by atoms with E-state index in [0.29, 0.717) is 0 Å². The first-order chi connectivity index (χ1) is 12.9. The van der Waals surface area contributed by atoms with Gasteiger partial charge in [0.25, 0.3) is 10.1 Å². The molecule has 2 heterocycles. The highest BCUT2D eigenvalue weighted by Crippen LogP contribution is 2.52. The summed E-state index contributed by atoms with van der Waals surface area (Å²) in [7, 11) is -5.15. The van der Waals surface area contributed by atoms with E-state index in [1.54, 1.807) is 18.2 Å². The predicted octanol–water partition coefficient (Wildman–Crippen LogP) is 0.420. The Hall–Kier alpha value is -2.08. The summed E-state index contributed by atoms with van der Waals surface area (Å²) in [6.07, 6.45) is -1.14. The maximum atomic E-state index is 12.3. The Bertz CT molecular complexity index is 937. The molecule has 2 aromatic rings. The van der Waals surface area contributed by atoms with Crippen LogP contribution in [0.25, 0.3) is 0 Å². The molecular weight excluding hydrogens is 390 g/mol. The summed E-state index contributed by atoms with van der Waals surface area (Å²) in [5.41, 5.74) is -5.51. The molecule has 1 aliphatic heterocycles. The molecule has 1 fully saturated rings. The minimum absolute atomic E-state index is 0.183.